The van der Waals surface area contributed by atoms with Crippen molar-refractivity contribution >= 4 is 45.0 Å². The van der Waals surface area contributed by atoms with Crippen molar-refractivity contribution in [3.8, 4) is 11.4 Å². The quantitative estimate of drug-likeness (QED) is 0.384. The molecule has 8 nitrogen and oxygen atoms in total. The first-order valence-corrected chi connectivity index (χ1v) is 12.2. The van der Waals surface area contributed by atoms with Gasteiger partial charge in [0, 0.05) is 5.69 Å². The van der Waals surface area contributed by atoms with E-state index in [9.17, 15) is 14.4 Å². The Labute approximate surface area is 197 Å². The third kappa shape index (κ3) is 4.86. The van der Waals surface area contributed by atoms with Gasteiger partial charge in [0.05, 0.1) is 12.3 Å². The Kier molecular flexibility index (Phi) is 6.95. The first-order valence-electron chi connectivity index (χ1n) is 10.4. The summed E-state index contributed by atoms with van der Waals surface area (Å²) >= 11 is 2.71. The first kappa shape index (κ1) is 22.8. The third-order valence-electron chi connectivity index (χ3n) is 4.70. The summed E-state index contributed by atoms with van der Waals surface area (Å²) in [7, 11) is 0. The van der Waals surface area contributed by atoms with E-state index in [-0.39, 0.29) is 12.2 Å². The molecule has 1 N–H and O–H groups in total. The number of aromatic nitrogens is 3. The van der Waals surface area contributed by atoms with Crippen molar-refractivity contribution in [1.82, 2.24) is 14.1 Å². The maximum absolute atomic E-state index is 13.4. The Hall–Kier alpha value is -3.37. The number of hydrogen-bond donors (Lipinski definition) is 1. The van der Waals surface area contributed by atoms with Crippen LogP contribution in [-0.4, -0.2) is 32.4 Å². The lowest BCUT2D eigenvalue weighted by Crippen LogP contribution is -2.40. The number of amides is 1. The van der Waals surface area contributed by atoms with Crippen molar-refractivity contribution in [3.05, 3.63) is 75.4 Å². The summed E-state index contributed by atoms with van der Waals surface area (Å²) < 4.78 is 8.77. The molecule has 10 heteroatoms. The summed E-state index contributed by atoms with van der Waals surface area (Å²) in [6, 6.07) is 15.6. The van der Waals surface area contributed by atoms with E-state index in [0.717, 1.165) is 10.3 Å². The van der Waals surface area contributed by atoms with Crippen LogP contribution >= 0.6 is 23.1 Å². The Bertz CT molecular complexity index is 1390. The van der Waals surface area contributed by atoms with Gasteiger partial charge in [-0.3, -0.25) is 14.2 Å². The molecule has 2 aromatic carbocycles. The molecule has 0 saturated carbocycles. The third-order valence-corrected chi connectivity index (χ3v) is 6.76. The molecule has 0 aliphatic carbocycles. The molecule has 1 amide bonds. The molecule has 33 heavy (non-hydrogen) atoms. The summed E-state index contributed by atoms with van der Waals surface area (Å²) in [5.74, 6) is 1.07. The molecule has 4 rings (SSSR count). The van der Waals surface area contributed by atoms with Gasteiger partial charge in [0.1, 0.15) is 17.0 Å². The SMILES string of the molecule is CCOc1ccc(NC(=O)Cn2c(=O)n(-c3ccccc3)c(=O)c3sc(SCC)nc32)cc1. The summed E-state index contributed by atoms with van der Waals surface area (Å²) in [6.07, 6.45) is 0. The van der Waals surface area contributed by atoms with Gasteiger partial charge in [-0.1, -0.05) is 36.9 Å². The number of rotatable bonds is 8. The average molecular weight is 483 g/mol. The van der Waals surface area contributed by atoms with Crippen molar-refractivity contribution < 1.29 is 9.53 Å². The van der Waals surface area contributed by atoms with E-state index >= 15 is 0 Å². The van der Waals surface area contributed by atoms with E-state index < -0.39 is 17.2 Å². The zero-order chi connectivity index (χ0) is 23.4. The number of thioether (sulfide) groups is 1. The minimum Gasteiger partial charge on any atom is -0.494 e. The minimum atomic E-state index is -0.612. The lowest BCUT2D eigenvalue weighted by Gasteiger charge is -2.12. The second kappa shape index (κ2) is 10.1. The van der Waals surface area contributed by atoms with E-state index in [1.165, 1.54) is 27.7 Å². The minimum absolute atomic E-state index is 0.222. The first-order chi connectivity index (χ1) is 16.0. The second-order valence-electron chi connectivity index (χ2n) is 6.92. The number of para-hydroxylation sites is 1. The van der Waals surface area contributed by atoms with Gasteiger partial charge in [0.25, 0.3) is 5.56 Å². The molecule has 0 atom stereocenters. The van der Waals surface area contributed by atoms with E-state index in [4.69, 9.17) is 4.74 Å². The fraction of sp³-hybridized carbons (Fsp3) is 0.217. The molecule has 0 aliphatic heterocycles. The highest BCUT2D eigenvalue weighted by Gasteiger charge is 2.20. The number of nitrogens with zero attached hydrogens (tertiary/aromatic N) is 3. The summed E-state index contributed by atoms with van der Waals surface area (Å²) in [5, 5.41) is 2.79. The maximum atomic E-state index is 13.4. The van der Waals surface area contributed by atoms with Gasteiger partial charge in [0.2, 0.25) is 5.91 Å². The number of benzene rings is 2. The van der Waals surface area contributed by atoms with Crippen LogP contribution in [0.3, 0.4) is 0 Å². The van der Waals surface area contributed by atoms with Crippen LogP contribution in [0.4, 0.5) is 5.69 Å². The van der Waals surface area contributed by atoms with Crippen LogP contribution in [0.2, 0.25) is 0 Å². The normalized spacial score (nSPS) is 11.0. The lowest BCUT2D eigenvalue weighted by atomic mass is 10.3. The number of fused-ring (bicyclic) bond motifs is 1. The number of anilines is 1. The van der Waals surface area contributed by atoms with E-state index in [2.05, 4.69) is 10.3 Å². The smallest absolute Gasteiger partial charge is 0.337 e. The molecule has 170 valence electrons. The number of ether oxygens (including phenoxy) is 1. The monoisotopic (exact) mass is 482 g/mol. The van der Waals surface area contributed by atoms with E-state index in [0.29, 0.717) is 32.8 Å². The number of carbonyl (C=O) groups is 1. The molecular formula is C23H22N4O4S2. The second-order valence-corrected chi connectivity index (χ2v) is 9.43. The van der Waals surface area contributed by atoms with Crippen LogP contribution < -0.4 is 21.3 Å². The Morgan fingerprint density at radius 2 is 1.82 bits per heavy atom. The van der Waals surface area contributed by atoms with Crippen molar-refractivity contribution in [2.45, 2.75) is 24.7 Å². The van der Waals surface area contributed by atoms with Gasteiger partial charge >= 0.3 is 5.69 Å². The largest absolute Gasteiger partial charge is 0.494 e. The van der Waals surface area contributed by atoms with Gasteiger partial charge in [-0.15, -0.1) is 11.3 Å². The molecular weight excluding hydrogens is 460 g/mol. The van der Waals surface area contributed by atoms with Gasteiger partial charge in [-0.25, -0.2) is 14.3 Å². The van der Waals surface area contributed by atoms with Crippen molar-refractivity contribution in [2.75, 3.05) is 17.7 Å². The van der Waals surface area contributed by atoms with Crippen molar-refractivity contribution in [3.63, 3.8) is 0 Å². The van der Waals surface area contributed by atoms with Crippen LogP contribution in [0.5, 0.6) is 5.75 Å². The highest BCUT2D eigenvalue weighted by Crippen LogP contribution is 2.27. The van der Waals surface area contributed by atoms with Gasteiger partial charge in [0.15, 0.2) is 9.99 Å². The van der Waals surface area contributed by atoms with Crippen LogP contribution in [0.15, 0.2) is 68.5 Å². The number of hydrogen-bond acceptors (Lipinski definition) is 7. The predicted octanol–water partition coefficient (Wildman–Crippen LogP) is 3.76. The standard InChI is InChI=1S/C23H22N4O4S2/c1-3-31-17-12-10-15(11-13-17)24-18(28)14-26-20-19(33-22(25-20)32-4-2)21(29)27(23(26)30)16-8-6-5-7-9-16/h5-13H,3-4,14H2,1-2H3,(H,24,28). The highest BCUT2D eigenvalue weighted by molar-refractivity contribution is 8.01. The molecule has 0 fully saturated rings. The van der Waals surface area contributed by atoms with Crippen LogP contribution in [0.1, 0.15) is 13.8 Å². The molecule has 2 heterocycles. The van der Waals surface area contributed by atoms with Crippen molar-refractivity contribution in [2.24, 2.45) is 0 Å². The molecule has 0 bridgehead atoms. The number of nitrogens with one attached hydrogen (secondary N) is 1. The predicted molar refractivity (Wildman–Crippen MR) is 132 cm³/mol. The molecule has 2 aromatic heterocycles. The topological polar surface area (TPSA) is 95.2 Å². The van der Waals surface area contributed by atoms with Gasteiger partial charge < -0.3 is 10.1 Å². The van der Waals surface area contributed by atoms with Crippen LogP contribution in [0.25, 0.3) is 16.0 Å². The Balaban J connectivity index is 1.74. The Morgan fingerprint density at radius 1 is 1.09 bits per heavy atom. The van der Waals surface area contributed by atoms with Crippen molar-refractivity contribution in [1.29, 1.82) is 0 Å². The molecule has 4 aromatic rings. The fourth-order valence-corrected chi connectivity index (χ4v) is 5.26. The van der Waals surface area contributed by atoms with E-state index in [1.807, 2.05) is 13.8 Å². The van der Waals surface area contributed by atoms with Gasteiger partial charge in [-0.2, -0.15) is 0 Å². The summed E-state index contributed by atoms with van der Waals surface area (Å²) in [5.41, 5.74) is 0.182. The molecule has 0 spiro atoms. The lowest BCUT2D eigenvalue weighted by molar-refractivity contribution is -0.116. The number of thiazole rings is 1. The molecule has 0 radical (unpaired) electrons. The zero-order valence-electron chi connectivity index (χ0n) is 18.1. The van der Waals surface area contributed by atoms with Crippen LogP contribution in [0, 0.1) is 0 Å². The fourth-order valence-electron chi connectivity index (χ4n) is 3.29. The Morgan fingerprint density at radius 3 is 2.48 bits per heavy atom. The average Bonchev–Trinajstić information content (AvgIpc) is 3.23. The molecule has 0 aliphatic rings. The number of carbonyl (C=O) groups excluding carboxylic acids is 1. The van der Waals surface area contributed by atoms with Crippen LogP contribution in [-0.2, 0) is 11.3 Å². The molecule has 0 saturated heterocycles. The van der Waals surface area contributed by atoms with Gasteiger partial charge in [-0.05, 0) is 49.1 Å². The highest BCUT2D eigenvalue weighted by atomic mass is 32.2. The zero-order valence-corrected chi connectivity index (χ0v) is 19.7. The molecule has 0 unspecified atom stereocenters. The summed E-state index contributed by atoms with van der Waals surface area (Å²) in [6.45, 7) is 4.14. The summed E-state index contributed by atoms with van der Waals surface area (Å²) in [4.78, 5) is 43.9. The van der Waals surface area contributed by atoms with E-state index in [1.54, 1.807) is 54.6 Å². The maximum Gasteiger partial charge on any atom is 0.337 e.